The molecule has 1 N–H and O–H groups in total. The third kappa shape index (κ3) is 4.28. The number of nitrogens with one attached hydrogen (secondary N) is 1. The predicted octanol–water partition coefficient (Wildman–Crippen LogP) is 6.08. The first-order valence-electron chi connectivity index (χ1n) is 15.2. The van der Waals surface area contributed by atoms with Gasteiger partial charge >= 0.3 is 0 Å². The van der Waals surface area contributed by atoms with E-state index in [0.29, 0.717) is 11.6 Å². The topological polar surface area (TPSA) is 84.4 Å². The van der Waals surface area contributed by atoms with Gasteiger partial charge < -0.3 is 4.74 Å². The van der Waals surface area contributed by atoms with Crippen LogP contribution in [-0.2, 0) is 10.0 Å². The molecule has 1 saturated heterocycles. The quantitative estimate of drug-likeness (QED) is 0.409. The zero-order chi connectivity index (χ0) is 28.0. The number of fused-ring (bicyclic) bond motifs is 8. The lowest BCUT2D eigenvalue weighted by molar-refractivity contribution is 0.133. The molecule has 0 radical (unpaired) electrons. The SMILES string of the molecule is Cc1cccc(C)c1-c1cc2nc(n1)NS(=O)(=O)c1cccc(c1)C1CCN(CCC3C4(CC4)C34CC4)C[C@H](C1)O2. The Balaban J connectivity index is 1.15. The summed E-state index contributed by atoms with van der Waals surface area (Å²) in [5, 5.41) is 0. The number of ether oxygens (including phenoxy) is 1. The van der Waals surface area contributed by atoms with E-state index >= 15 is 0 Å². The first kappa shape index (κ1) is 25.7. The number of nitrogens with zero attached hydrogens (tertiary/aromatic N) is 3. The van der Waals surface area contributed by atoms with Crippen molar-refractivity contribution in [1.82, 2.24) is 14.9 Å². The summed E-state index contributed by atoms with van der Waals surface area (Å²) in [5.74, 6) is 1.59. The fraction of sp³-hybridized carbons (Fsp3) is 0.515. The predicted molar refractivity (Wildman–Crippen MR) is 158 cm³/mol. The Morgan fingerprint density at radius 2 is 1.73 bits per heavy atom. The highest BCUT2D eigenvalue weighted by Crippen LogP contribution is 2.93. The van der Waals surface area contributed by atoms with Crippen LogP contribution in [0, 0.1) is 30.6 Å². The molecule has 1 unspecified atom stereocenters. The molecule has 214 valence electrons. The van der Waals surface area contributed by atoms with Gasteiger partial charge in [0.15, 0.2) is 0 Å². The average Bonchev–Trinajstić information content (AvgIpc) is 3.85. The van der Waals surface area contributed by atoms with Gasteiger partial charge in [-0.25, -0.2) is 18.1 Å². The molecule has 2 aromatic carbocycles. The van der Waals surface area contributed by atoms with E-state index in [-0.39, 0.29) is 22.9 Å². The maximum absolute atomic E-state index is 13.5. The highest BCUT2D eigenvalue weighted by atomic mass is 32.2. The molecule has 8 rings (SSSR count). The molecule has 7 nitrogen and oxygen atoms in total. The van der Waals surface area contributed by atoms with Crippen molar-refractivity contribution in [2.45, 2.75) is 75.7 Å². The molecule has 1 aromatic heterocycles. The lowest BCUT2D eigenvalue weighted by Gasteiger charge is -2.25. The lowest BCUT2D eigenvalue weighted by Crippen LogP contribution is -2.35. The zero-order valence-corrected chi connectivity index (χ0v) is 24.7. The first-order chi connectivity index (χ1) is 19.8. The van der Waals surface area contributed by atoms with Crippen LogP contribution in [0.1, 0.15) is 67.6 Å². The molecular formula is C33H38N4O3S. The van der Waals surface area contributed by atoms with Crippen LogP contribution in [0.15, 0.2) is 53.4 Å². The van der Waals surface area contributed by atoms with Gasteiger partial charge in [0.25, 0.3) is 10.0 Å². The van der Waals surface area contributed by atoms with E-state index in [2.05, 4.69) is 25.7 Å². The van der Waals surface area contributed by atoms with E-state index in [9.17, 15) is 8.42 Å². The van der Waals surface area contributed by atoms with Crippen LogP contribution < -0.4 is 9.46 Å². The van der Waals surface area contributed by atoms with Gasteiger partial charge in [-0.1, -0.05) is 30.3 Å². The molecule has 2 atom stereocenters. The van der Waals surface area contributed by atoms with E-state index < -0.39 is 10.0 Å². The first-order valence-corrected chi connectivity index (χ1v) is 16.7. The number of likely N-dealkylation sites (tertiary alicyclic amines) is 1. The Hall–Kier alpha value is -2.97. The average molecular weight is 571 g/mol. The molecule has 8 heteroatoms. The van der Waals surface area contributed by atoms with E-state index in [4.69, 9.17) is 4.74 Å². The summed E-state index contributed by atoms with van der Waals surface area (Å²) in [7, 11) is -3.88. The molecule has 6 bridgehead atoms. The number of aryl methyl sites for hydroxylation is 2. The summed E-state index contributed by atoms with van der Waals surface area (Å²) in [6.07, 6.45) is 8.87. The van der Waals surface area contributed by atoms with Crippen LogP contribution in [0.3, 0.4) is 0 Å². The van der Waals surface area contributed by atoms with Gasteiger partial charge in [-0.3, -0.25) is 4.90 Å². The molecule has 5 aliphatic rings. The number of benzene rings is 2. The molecule has 2 spiro atoms. The number of sulfonamides is 1. The van der Waals surface area contributed by atoms with Crippen molar-refractivity contribution in [3.63, 3.8) is 0 Å². The molecule has 3 heterocycles. The van der Waals surface area contributed by atoms with Gasteiger partial charge in [0, 0.05) is 18.2 Å². The van der Waals surface area contributed by atoms with Gasteiger partial charge in [-0.05, 0) is 123 Å². The van der Waals surface area contributed by atoms with Crippen LogP contribution in [0.4, 0.5) is 5.95 Å². The van der Waals surface area contributed by atoms with E-state index in [1.807, 2.05) is 50.2 Å². The Kier molecular flexibility index (Phi) is 5.65. The molecule has 3 saturated carbocycles. The highest BCUT2D eigenvalue weighted by Gasteiger charge is 2.85. The second-order valence-corrected chi connectivity index (χ2v) is 15.0. The maximum Gasteiger partial charge on any atom is 0.264 e. The summed E-state index contributed by atoms with van der Waals surface area (Å²) in [6, 6.07) is 15.4. The smallest absolute Gasteiger partial charge is 0.264 e. The molecule has 3 aromatic rings. The second-order valence-electron chi connectivity index (χ2n) is 13.3. The summed E-state index contributed by atoms with van der Waals surface area (Å²) in [6.45, 7) is 7.05. The number of rotatable bonds is 4. The van der Waals surface area contributed by atoms with Gasteiger partial charge in [0.05, 0.1) is 10.6 Å². The van der Waals surface area contributed by atoms with Crippen molar-refractivity contribution in [1.29, 1.82) is 0 Å². The Morgan fingerprint density at radius 3 is 2.46 bits per heavy atom. The van der Waals surface area contributed by atoms with E-state index in [1.165, 1.54) is 32.1 Å². The van der Waals surface area contributed by atoms with Crippen molar-refractivity contribution in [3.8, 4) is 17.1 Å². The van der Waals surface area contributed by atoms with Gasteiger partial charge in [0.1, 0.15) is 6.10 Å². The largest absolute Gasteiger partial charge is 0.473 e. The molecule has 41 heavy (non-hydrogen) atoms. The number of hydrogen-bond acceptors (Lipinski definition) is 6. The fourth-order valence-electron chi connectivity index (χ4n) is 8.65. The van der Waals surface area contributed by atoms with Crippen LogP contribution in [0.25, 0.3) is 11.3 Å². The van der Waals surface area contributed by atoms with Crippen LogP contribution in [0.2, 0.25) is 0 Å². The van der Waals surface area contributed by atoms with Gasteiger partial charge in [-0.2, -0.15) is 4.98 Å². The van der Waals surface area contributed by atoms with Crippen LogP contribution in [-0.4, -0.2) is 49.0 Å². The third-order valence-corrected chi connectivity index (χ3v) is 12.3. The molecule has 4 fully saturated rings. The summed E-state index contributed by atoms with van der Waals surface area (Å²) >= 11 is 0. The van der Waals surface area contributed by atoms with Gasteiger partial charge in [-0.15, -0.1) is 0 Å². The monoisotopic (exact) mass is 570 g/mol. The minimum atomic E-state index is -3.88. The molecule has 2 aliphatic heterocycles. The summed E-state index contributed by atoms with van der Waals surface area (Å²) < 4.78 is 36.3. The Morgan fingerprint density at radius 1 is 1.00 bits per heavy atom. The van der Waals surface area contributed by atoms with Gasteiger partial charge in [0.2, 0.25) is 11.8 Å². The zero-order valence-electron chi connectivity index (χ0n) is 23.9. The third-order valence-electron chi connectivity index (χ3n) is 10.9. The molecular weight excluding hydrogens is 532 g/mol. The van der Waals surface area contributed by atoms with E-state index in [1.54, 1.807) is 6.07 Å². The Bertz CT molecular complexity index is 1610. The highest BCUT2D eigenvalue weighted by molar-refractivity contribution is 7.92. The number of hydrogen-bond donors (Lipinski definition) is 1. The van der Waals surface area contributed by atoms with Crippen molar-refractivity contribution < 1.29 is 13.2 Å². The van der Waals surface area contributed by atoms with Crippen molar-refractivity contribution in [2.24, 2.45) is 16.7 Å². The van der Waals surface area contributed by atoms with Crippen molar-refractivity contribution >= 4 is 16.0 Å². The van der Waals surface area contributed by atoms with Crippen LogP contribution >= 0.6 is 0 Å². The number of aromatic nitrogens is 2. The van der Waals surface area contributed by atoms with Crippen molar-refractivity contribution in [3.05, 3.63) is 65.2 Å². The minimum Gasteiger partial charge on any atom is -0.473 e. The number of anilines is 1. The van der Waals surface area contributed by atoms with Crippen LogP contribution in [0.5, 0.6) is 5.88 Å². The minimum absolute atomic E-state index is 0.0337. The summed E-state index contributed by atoms with van der Waals surface area (Å²) in [5.41, 5.74) is 6.29. The maximum atomic E-state index is 13.5. The Labute approximate surface area is 242 Å². The molecule has 0 amide bonds. The normalized spacial score (nSPS) is 26.7. The standard InChI is InChI=1S/C33H38N4O3S/c1-21-5-3-6-22(2)30(21)27-19-29-35-31(34-27)36-41(38,39)26-8-4-7-23(18-26)24-9-15-37(20-25(17-24)40-29)16-10-28-32(11-12-32)33(28)13-14-33/h3-8,18-19,24-25,28H,9-17,20H2,1-2H3,(H,34,35,36)/t24?,25-/m0/s1. The fourth-order valence-corrected chi connectivity index (χ4v) is 9.65. The lowest BCUT2D eigenvalue weighted by atomic mass is 9.91. The summed E-state index contributed by atoms with van der Waals surface area (Å²) in [4.78, 5) is 12.1. The van der Waals surface area contributed by atoms with E-state index in [0.717, 1.165) is 71.5 Å². The molecule has 3 aliphatic carbocycles. The second kappa shape index (κ2) is 9.01. The van der Waals surface area contributed by atoms with Crippen molar-refractivity contribution in [2.75, 3.05) is 24.4 Å².